The lowest BCUT2D eigenvalue weighted by Gasteiger charge is -2.08. The molecule has 2 N–H and O–H groups in total. The quantitative estimate of drug-likeness (QED) is 0.872. The number of carbonyl (C=O) groups is 2. The van der Waals surface area contributed by atoms with Crippen molar-refractivity contribution in [1.29, 1.82) is 5.26 Å². The Morgan fingerprint density at radius 1 is 1.36 bits per heavy atom. The summed E-state index contributed by atoms with van der Waals surface area (Å²) >= 11 is 1.01. The van der Waals surface area contributed by atoms with Crippen LogP contribution in [0.3, 0.4) is 0 Å². The third kappa shape index (κ3) is 3.67. The number of carboxylic acids is 1. The van der Waals surface area contributed by atoms with E-state index in [2.05, 4.69) is 10.3 Å². The molecule has 1 aliphatic carbocycles. The standard InChI is InChI=1S/C17H14FN3O3S/c18-12-3-1-2-9(7-12)14-13(8-19)25-17(20-14)21-15(22)10-4-5-11(6-10)16(23)24/h1-3,7,10-11H,4-6H2,(H,23,24)(H,20,21,22)/t10-,11+/m0/s1. The molecule has 3 rings (SSSR count). The van der Waals surface area contributed by atoms with Gasteiger partial charge in [0.15, 0.2) is 5.13 Å². The molecule has 0 saturated heterocycles. The minimum Gasteiger partial charge on any atom is -0.481 e. The van der Waals surface area contributed by atoms with Crippen LogP contribution in [0, 0.1) is 29.0 Å². The fourth-order valence-corrected chi connectivity index (χ4v) is 3.72. The van der Waals surface area contributed by atoms with Crippen LogP contribution >= 0.6 is 11.3 Å². The van der Waals surface area contributed by atoms with Gasteiger partial charge >= 0.3 is 5.97 Å². The number of anilines is 1. The largest absolute Gasteiger partial charge is 0.481 e. The van der Waals surface area contributed by atoms with Gasteiger partial charge in [-0.2, -0.15) is 5.26 Å². The Hall–Kier alpha value is -2.79. The summed E-state index contributed by atoms with van der Waals surface area (Å²) in [7, 11) is 0. The molecule has 0 unspecified atom stereocenters. The van der Waals surface area contributed by atoms with Gasteiger partial charge in [0.1, 0.15) is 22.5 Å². The zero-order valence-corrected chi connectivity index (χ0v) is 13.8. The molecule has 8 heteroatoms. The molecule has 1 heterocycles. The van der Waals surface area contributed by atoms with E-state index in [9.17, 15) is 19.2 Å². The number of rotatable bonds is 4. The monoisotopic (exact) mass is 359 g/mol. The van der Waals surface area contributed by atoms with E-state index in [4.69, 9.17) is 5.11 Å². The molecule has 0 bridgehead atoms. The number of nitrogens with one attached hydrogen (secondary N) is 1. The van der Waals surface area contributed by atoms with Crippen molar-refractivity contribution in [3.8, 4) is 17.3 Å². The highest BCUT2D eigenvalue weighted by atomic mass is 32.1. The Bertz CT molecular complexity index is 874. The number of carboxylic acid groups (broad SMARTS) is 1. The second-order valence-corrected chi connectivity index (χ2v) is 6.85. The molecule has 1 aromatic carbocycles. The van der Waals surface area contributed by atoms with Crippen LogP contribution in [0.4, 0.5) is 9.52 Å². The van der Waals surface area contributed by atoms with Gasteiger partial charge in [-0.25, -0.2) is 9.37 Å². The summed E-state index contributed by atoms with van der Waals surface area (Å²) in [5, 5.41) is 21.2. The van der Waals surface area contributed by atoms with Gasteiger partial charge in [0.05, 0.1) is 5.92 Å². The number of aromatic nitrogens is 1. The van der Waals surface area contributed by atoms with Gasteiger partial charge in [-0.1, -0.05) is 23.5 Å². The van der Waals surface area contributed by atoms with Crippen LogP contribution in [0.5, 0.6) is 0 Å². The molecule has 2 aromatic rings. The number of carbonyl (C=O) groups excluding carboxylic acids is 1. The number of hydrogen-bond donors (Lipinski definition) is 2. The first-order valence-electron chi connectivity index (χ1n) is 7.68. The second-order valence-electron chi connectivity index (χ2n) is 5.85. The summed E-state index contributed by atoms with van der Waals surface area (Å²) in [4.78, 5) is 27.8. The Kier molecular flexibility index (Phi) is 4.76. The molecule has 128 valence electrons. The van der Waals surface area contributed by atoms with Crippen molar-refractivity contribution in [2.45, 2.75) is 19.3 Å². The minimum absolute atomic E-state index is 0.250. The third-order valence-electron chi connectivity index (χ3n) is 4.21. The molecule has 0 radical (unpaired) electrons. The summed E-state index contributed by atoms with van der Waals surface area (Å²) in [6, 6.07) is 7.73. The van der Waals surface area contributed by atoms with Gasteiger partial charge in [0.2, 0.25) is 5.91 Å². The molecule has 1 amide bonds. The fourth-order valence-electron chi connectivity index (χ4n) is 2.93. The number of halogens is 1. The molecule has 6 nitrogen and oxygen atoms in total. The zero-order chi connectivity index (χ0) is 18.0. The Morgan fingerprint density at radius 3 is 2.76 bits per heavy atom. The SMILES string of the molecule is N#Cc1sc(NC(=O)[C@H]2CC[C@@H](C(=O)O)C2)nc1-c1cccc(F)c1. The van der Waals surface area contributed by atoms with Crippen LogP contribution in [0.1, 0.15) is 24.1 Å². The first kappa shape index (κ1) is 17.0. The molecule has 2 atom stereocenters. The van der Waals surface area contributed by atoms with Crippen LogP contribution in [-0.4, -0.2) is 22.0 Å². The summed E-state index contributed by atoms with van der Waals surface area (Å²) in [5.41, 5.74) is 0.775. The average Bonchev–Trinajstić information content (AvgIpc) is 3.21. The van der Waals surface area contributed by atoms with E-state index in [0.717, 1.165) is 11.3 Å². The Morgan fingerprint density at radius 2 is 2.12 bits per heavy atom. The number of aliphatic carboxylic acids is 1. The van der Waals surface area contributed by atoms with E-state index < -0.39 is 17.7 Å². The van der Waals surface area contributed by atoms with Gasteiger partial charge in [-0.05, 0) is 31.4 Å². The van der Waals surface area contributed by atoms with Gasteiger partial charge in [0.25, 0.3) is 0 Å². The van der Waals surface area contributed by atoms with E-state index >= 15 is 0 Å². The van der Waals surface area contributed by atoms with Crippen molar-refractivity contribution in [3.63, 3.8) is 0 Å². The zero-order valence-electron chi connectivity index (χ0n) is 13.0. The predicted molar refractivity (Wildman–Crippen MR) is 89.3 cm³/mol. The predicted octanol–water partition coefficient (Wildman–Crippen LogP) is 3.26. The maximum absolute atomic E-state index is 13.4. The van der Waals surface area contributed by atoms with Crippen LogP contribution in [0.15, 0.2) is 24.3 Å². The normalized spacial score (nSPS) is 19.4. The van der Waals surface area contributed by atoms with Crippen LogP contribution in [0.25, 0.3) is 11.3 Å². The summed E-state index contributed by atoms with van der Waals surface area (Å²) in [6.07, 6.45) is 1.29. The van der Waals surface area contributed by atoms with Crippen molar-refractivity contribution < 1.29 is 19.1 Å². The number of hydrogen-bond acceptors (Lipinski definition) is 5. The van der Waals surface area contributed by atoms with Crippen LogP contribution in [0.2, 0.25) is 0 Å². The van der Waals surface area contributed by atoms with E-state index in [1.807, 2.05) is 6.07 Å². The van der Waals surface area contributed by atoms with Gasteiger partial charge in [-0.3, -0.25) is 9.59 Å². The highest BCUT2D eigenvalue weighted by Crippen LogP contribution is 2.34. The van der Waals surface area contributed by atoms with E-state index in [-0.39, 0.29) is 21.8 Å². The lowest BCUT2D eigenvalue weighted by atomic mass is 10.0. The number of amides is 1. The number of nitrogens with zero attached hydrogens (tertiary/aromatic N) is 2. The summed E-state index contributed by atoms with van der Waals surface area (Å²) in [6.45, 7) is 0. The lowest BCUT2D eigenvalue weighted by molar-refractivity contribution is -0.141. The first-order valence-corrected chi connectivity index (χ1v) is 8.50. The van der Waals surface area contributed by atoms with E-state index in [1.165, 1.54) is 18.2 Å². The molecule has 25 heavy (non-hydrogen) atoms. The Balaban J connectivity index is 1.77. The minimum atomic E-state index is -0.885. The third-order valence-corrected chi connectivity index (χ3v) is 5.09. The molecular formula is C17H14FN3O3S. The molecule has 1 saturated carbocycles. The average molecular weight is 359 g/mol. The van der Waals surface area contributed by atoms with Crippen molar-refractivity contribution in [2.75, 3.05) is 5.32 Å². The van der Waals surface area contributed by atoms with Crippen LogP contribution < -0.4 is 5.32 Å². The number of nitriles is 1. The highest BCUT2D eigenvalue weighted by molar-refractivity contribution is 7.16. The molecule has 1 aromatic heterocycles. The first-order chi connectivity index (χ1) is 12.0. The van der Waals surface area contributed by atoms with Gasteiger partial charge in [-0.15, -0.1) is 0 Å². The van der Waals surface area contributed by atoms with E-state index in [0.29, 0.717) is 30.5 Å². The summed E-state index contributed by atoms with van der Waals surface area (Å²) in [5.74, 6) is -2.50. The molecule has 0 spiro atoms. The molecule has 0 aliphatic heterocycles. The van der Waals surface area contributed by atoms with Gasteiger partial charge < -0.3 is 10.4 Å². The van der Waals surface area contributed by atoms with Gasteiger partial charge in [0, 0.05) is 11.5 Å². The van der Waals surface area contributed by atoms with Crippen molar-refractivity contribution >= 4 is 28.3 Å². The summed E-state index contributed by atoms with van der Waals surface area (Å²) < 4.78 is 13.4. The topological polar surface area (TPSA) is 103 Å². The van der Waals surface area contributed by atoms with Crippen molar-refractivity contribution in [2.24, 2.45) is 11.8 Å². The maximum atomic E-state index is 13.4. The fraction of sp³-hybridized carbons (Fsp3) is 0.294. The second kappa shape index (κ2) is 6.99. The van der Waals surface area contributed by atoms with Crippen molar-refractivity contribution in [3.05, 3.63) is 35.0 Å². The maximum Gasteiger partial charge on any atom is 0.306 e. The Labute approximate surface area is 146 Å². The van der Waals surface area contributed by atoms with Crippen molar-refractivity contribution in [1.82, 2.24) is 4.98 Å². The lowest BCUT2D eigenvalue weighted by Crippen LogP contribution is -2.21. The highest BCUT2D eigenvalue weighted by Gasteiger charge is 2.34. The molecule has 1 fully saturated rings. The molecular weight excluding hydrogens is 345 g/mol. The molecule has 1 aliphatic rings. The van der Waals surface area contributed by atoms with Crippen LogP contribution in [-0.2, 0) is 9.59 Å². The smallest absolute Gasteiger partial charge is 0.306 e. The van der Waals surface area contributed by atoms with E-state index in [1.54, 1.807) is 6.07 Å². The number of thiazole rings is 1. The number of benzene rings is 1.